The van der Waals surface area contributed by atoms with E-state index in [4.69, 9.17) is 0 Å². The fourth-order valence-electron chi connectivity index (χ4n) is 3.28. The monoisotopic (exact) mass is 256 g/mol. The molecule has 106 valence electrons. The summed E-state index contributed by atoms with van der Waals surface area (Å²) in [6, 6.07) is 0.620. The van der Waals surface area contributed by atoms with Crippen LogP contribution in [0.3, 0.4) is 0 Å². The van der Waals surface area contributed by atoms with E-state index in [1.165, 1.54) is 12.8 Å². The summed E-state index contributed by atoms with van der Waals surface area (Å²) in [5.41, 5.74) is 0.282. The summed E-state index contributed by atoms with van der Waals surface area (Å²) >= 11 is 0. The third-order valence-corrected chi connectivity index (χ3v) is 4.83. The summed E-state index contributed by atoms with van der Waals surface area (Å²) in [5.74, 6) is 0.260. The molecule has 0 aromatic carbocycles. The first kappa shape index (κ1) is 14.3. The molecule has 2 heterocycles. The maximum atomic E-state index is 13.8. The minimum atomic E-state index is -0.612. The van der Waals surface area contributed by atoms with Gasteiger partial charge in [-0.05, 0) is 52.5 Å². The molecule has 0 aromatic heterocycles. The van der Waals surface area contributed by atoms with E-state index in [0.29, 0.717) is 12.6 Å². The highest BCUT2D eigenvalue weighted by molar-refractivity contribution is 4.88. The molecule has 18 heavy (non-hydrogen) atoms. The van der Waals surface area contributed by atoms with Crippen molar-refractivity contribution in [2.75, 3.05) is 26.2 Å². The number of hydrogen-bond acceptors (Lipinski definition) is 2. The van der Waals surface area contributed by atoms with Crippen LogP contribution in [0.15, 0.2) is 0 Å². The molecule has 0 spiro atoms. The first-order valence-electron chi connectivity index (χ1n) is 7.51. The van der Waals surface area contributed by atoms with Gasteiger partial charge in [0.25, 0.3) is 0 Å². The maximum absolute atomic E-state index is 13.8. The van der Waals surface area contributed by atoms with Crippen molar-refractivity contribution in [3.8, 4) is 0 Å². The Labute approximate surface area is 112 Å². The van der Waals surface area contributed by atoms with Crippen LogP contribution in [0.25, 0.3) is 0 Å². The van der Waals surface area contributed by atoms with Gasteiger partial charge in [-0.3, -0.25) is 9.80 Å². The largest absolute Gasteiger partial charge is 0.298 e. The Bertz CT molecular complexity index is 266. The van der Waals surface area contributed by atoms with Crippen LogP contribution in [-0.2, 0) is 0 Å². The van der Waals surface area contributed by atoms with Gasteiger partial charge in [-0.25, -0.2) is 4.39 Å². The minimum absolute atomic E-state index is 0.260. The summed E-state index contributed by atoms with van der Waals surface area (Å²) in [6.07, 6.45) is 2.83. The lowest BCUT2D eigenvalue weighted by Gasteiger charge is -2.45. The number of rotatable bonds is 1. The molecule has 2 rings (SSSR count). The van der Waals surface area contributed by atoms with Crippen LogP contribution in [0.4, 0.5) is 4.39 Å². The zero-order valence-electron chi connectivity index (χ0n) is 12.5. The van der Waals surface area contributed by atoms with Gasteiger partial charge in [0, 0.05) is 31.2 Å². The highest BCUT2D eigenvalue weighted by Crippen LogP contribution is 2.27. The van der Waals surface area contributed by atoms with E-state index in [9.17, 15) is 4.39 Å². The van der Waals surface area contributed by atoms with Crippen LogP contribution >= 0.6 is 0 Å². The third kappa shape index (κ3) is 3.24. The molecule has 0 unspecified atom stereocenters. The molecule has 0 aliphatic carbocycles. The van der Waals surface area contributed by atoms with Crippen LogP contribution in [0.5, 0.6) is 0 Å². The van der Waals surface area contributed by atoms with Crippen molar-refractivity contribution in [3.63, 3.8) is 0 Å². The number of piperidine rings is 2. The lowest BCUT2D eigenvalue weighted by molar-refractivity contribution is 0.0167. The van der Waals surface area contributed by atoms with Gasteiger partial charge in [0.1, 0.15) is 6.17 Å². The van der Waals surface area contributed by atoms with Crippen molar-refractivity contribution in [3.05, 3.63) is 0 Å². The van der Waals surface area contributed by atoms with Crippen molar-refractivity contribution in [1.29, 1.82) is 0 Å². The number of alkyl halides is 1. The topological polar surface area (TPSA) is 6.48 Å². The van der Waals surface area contributed by atoms with Gasteiger partial charge in [0.2, 0.25) is 0 Å². The normalized spacial score (nSPS) is 33.8. The molecule has 2 aliphatic rings. The van der Waals surface area contributed by atoms with Gasteiger partial charge in [-0.15, -0.1) is 0 Å². The molecule has 2 aliphatic heterocycles. The fraction of sp³-hybridized carbons (Fsp3) is 1.00. The Balaban J connectivity index is 1.83. The Morgan fingerprint density at radius 1 is 1.00 bits per heavy atom. The van der Waals surface area contributed by atoms with Gasteiger partial charge in [0.15, 0.2) is 0 Å². The summed E-state index contributed by atoms with van der Waals surface area (Å²) < 4.78 is 13.8. The molecule has 0 aromatic rings. The van der Waals surface area contributed by atoms with Crippen molar-refractivity contribution < 1.29 is 4.39 Å². The summed E-state index contributed by atoms with van der Waals surface area (Å²) in [4.78, 5) is 4.97. The molecule has 0 N–H and O–H groups in total. The van der Waals surface area contributed by atoms with E-state index in [0.717, 1.165) is 26.1 Å². The number of likely N-dealkylation sites (tertiary alicyclic amines) is 2. The van der Waals surface area contributed by atoms with E-state index < -0.39 is 6.17 Å². The first-order chi connectivity index (χ1) is 8.38. The smallest absolute Gasteiger partial charge is 0.115 e. The van der Waals surface area contributed by atoms with E-state index in [1.807, 2.05) is 6.92 Å². The highest BCUT2D eigenvalue weighted by Gasteiger charge is 2.33. The second-order valence-corrected chi connectivity index (χ2v) is 7.17. The average Bonchev–Trinajstić information content (AvgIpc) is 2.32. The molecule has 2 atom stereocenters. The Morgan fingerprint density at radius 3 is 2.11 bits per heavy atom. The van der Waals surface area contributed by atoms with Crippen LogP contribution in [0.2, 0.25) is 0 Å². The lowest BCUT2D eigenvalue weighted by atomic mass is 9.92. The van der Waals surface area contributed by atoms with Crippen LogP contribution < -0.4 is 0 Å². The van der Waals surface area contributed by atoms with Crippen molar-refractivity contribution in [2.45, 2.75) is 64.7 Å². The van der Waals surface area contributed by atoms with Gasteiger partial charge in [-0.2, -0.15) is 0 Å². The molecule has 0 radical (unpaired) electrons. The number of nitrogens with zero attached hydrogens (tertiary/aromatic N) is 2. The van der Waals surface area contributed by atoms with Crippen molar-refractivity contribution in [1.82, 2.24) is 9.80 Å². The lowest BCUT2D eigenvalue weighted by Crippen LogP contribution is -2.53. The predicted molar refractivity (Wildman–Crippen MR) is 74.6 cm³/mol. The van der Waals surface area contributed by atoms with E-state index >= 15 is 0 Å². The van der Waals surface area contributed by atoms with Gasteiger partial charge >= 0.3 is 0 Å². The number of halogens is 1. The molecule has 2 saturated heterocycles. The molecule has 0 saturated carbocycles. The predicted octanol–water partition coefficient (Wildman–Crippen LogP) is 2.93. The Morgan fingerprint density at radius 2 is 1.61 bits per heavy atom. The summed E-state index contributed by atoms with van der Waals surface area (Å²) in [5, 5.41) is 0. The standard InChI is InChI=1S/C15H29FN2/c1-12-5-8-17(11-14(12)16)13-6-9-18(10-7-13)15(2,3)4/h12-14H,5-11H2,1-4H3/t12-,14+/m1/s1. The van der Waals surface area contributed by atoms with Gasteiger partial charge in [0.05, 0.1) is 0 Å². The molecule has 2 fully saturated rings. The summed E-state index contributed by atoms with van der Waals surface area (Å²) in [6.45, 7) is 13.0. The van der Waals surface area contributed by atoms with E-state index in [1.54, 1.807) is 0 Å². The van der Waals surface area contributed by atoms with E-state index in [-0.39, 0.29) is 11.5 Å². The SMILES string of the molecule is C[C@@H]1CCN(C2CCN(C(C)(C)C)CC2)C[C@@H]1F. The fourth-order valence-corrected chi connectivity index (χ4v) is 3.28. The van der Waals surface area contributed by atoms with Gasteiger partial charge < -0.3 is 0 Å². The summed E-state index contributed by atoms with van der Waals surface area (Å²) in [7, 11) is 0. The minimum Gasteiger partial charge on any atom is -0.298 e. The highest BCUT2D eigenvalue weighted by atomic mass is 19.1. The van der Waals surface area contributed by atoms with Crippen LogP contribution in [-0.4, -0.2) is 53.7 Å². The second kappa shape index (κ2) is 5.46. The zero-order valence-corrected chi connectivity index (χ0v) is 12.5. The quantitative estimate of drug-likeness (QED) is 0.712. The van der Waals surface area contributed by atoms with Crippen LogP contribution in [0.1, 0.15) is 47.0 Å². The Kier molecular flexibility index (Phi) is 4.32. The van der Waals surface area contributed by atoms with Gasteiger partial charge in [-0.1, -0.05) is 6.92 Å². The van der Waals surface area contributed by atoms with E-state index in [2.05, 4.69) is 30.6 Å². The molecule has 0 bridgehead atoms. The van der Waals surface area contributed by atoms with Crippen LogP contribution in [0, 0.1) is 5.92 Å². The third-order valence-electron chi connectivity index (χ3n) is 4.83. The molecule has 0 amide bonds. The Hall–Kier alpha value is -0.150. The molecular weight excluding hydrogens is 227 g/mol. The molecule has 2 nitrogen and oxygen atoms in total. The molecule has 3 heteroatoms. The van der Waals surface area contributed by atoms with Crippen molar-refractivity contribution >= 4 is 0 Å². The number of hydrogen-bond donors (Lipinski definition) is 0. The zero-order chi connectivity index (χ0) is 13.3. The average molecular weight is 256 g/mol. The maximum Gasteiger partial charge on any atom is 0.115 e. The molecular formula is C15H29FN2. The van der Waals surface area contributed by atoms with Crippen molar-refractivity contribution in [2.24, 2.45) is 5.92 Å². The second-order valence-electron chi connectivity index (χ2n) is 7.17. The first-order valence-corrected chi connectivity index (χ1v) is 7.51.